The first-order valence-electron chi connectivity index (χ1n) is 6.77. The van der Waals surface area contributed by atoms with Crippen LogP contribution in [0.2, 0.25) is 0 Å². The first kappa shape index (κ1) is 13.9. The first-order valence-corrected chi connectivity index (χ1v) is 7.75. The SMILES string of the molecule is CC(C)NCc1ccc(SCOCC2CC2)cc1. The summed E-state index contributed by atoms with van der Waals surface area (Å²) in [5.41, 5.74) is 1.34. The topological polar surface area (TPSA) is 21.3 Å². The fourth-order valence-electron chi connectivity index (χ4n) is 1.63. The number of rotatable bonds is 8. The summed E-state index contributed by atoms with van der Waals surface area (Å²) in [6.45, 7) is 6.23. The van der Waals surface area contributed by atoms with Gasteiger partial charge in [0, 0.05) is 17.5 Å². The Bertz CT molecular complexity index is 346. The van der Waals surface area contributed by atoms with Crippen molar-refractivity contribution in [3.8, 4) is 0 Å². The van der Waals surface area contributed by atoms with E-state index in [0.29, 0.717) is 6.04 Å². The Labute approximate surface area is 114 Å². The van der Waals surface area contributed by atoms with Crippen molar-refractivity contribution in [2.24, 2.45) is 5.92 Å². The van der Waals surface area contributed by atoms with Gasteiger partial charge in [0.1, 0.15) is 0 Å². The number of thioether (sulfide) groups is 1. The van der Waals surface area contributed by atoms with Gasteiger partial charge in [0.15, 0.2) is 0 Å². The molecule has 0 saturated heterocycles. The Balaban J connectivity index is 1.65. The van der Waals surface area contributed by atoms with E-state index in [1.54, 1.807) is 11.8 Å². The predicted molar refractivity (Wildman–Crippen MR) is 77.8 cm³/mol. The molecule has 2 nitrogen and oxygen atoms in total. The van der Waals surface area contributed by atoms with Gasteiger partial charge in [0.2, 0.25) is 0 Å². The van der Waals surface area contributed by atoms with Crippen molar-refractivity contribution in [3.63, 3.8) is 0 Å². The van der Waals surface area contributed by atoms with Crippen LogP contribution in [0.25, 0.3) is 0 Å². The summed E-state index contributed by atoms with van der Waals surface area (Å²) in [5, 5.41) is 3.42. The molecule has 1 N–H and O–H groups in total. The molecule has 18 heavy (non-hydrogen) atoms. The third-order valence-electron chi connectivity index (χ3n) is 3.00. The maximum Gasteiger partial charge on any atom is 0.0967 e. The van der Waals surface area contributed by atoms with E-state index in [-0.39, 0.29) is 0 Å². The van der Waals surface area contributed by atoms with Crippen molar-refractivity contribution in [3.05, 3.63) is 29.8 Å². The number of ether oxygens (including phenoxy) is 1. The molecule has 0 heterocycles. The molecule has 3 heteroatoms. The summed E-state index contributed by atoms with van der Waals surface area (Å²) in [4.78, 5) is 1.29. The van der Waals surface area contributed by atoms with Crippen molar-refractivity contribution in [1.29, 1.82) is 0 Å². The smallest absolute Gasteiger partial charge is 0.0967 e. The Morgan fingerprint density at radius 3 is 2.61 bits per heavy atom. The minimum atomic E-state index is 0.537. The van der Waals surface area contributed by atoms with Crippen LogP contribution < -0.4 is 5.32 Å². The van der Waals surface area contributed by atoms with Gasteiger partial charge in [-0.15, -0.1) is 0 Å². The predicted octanol–water partition coefficient (Wildman–Crippen LogP) is 3.66. The molecule has 2 rings (SSSR count). The van der Waals surface area contributed by atoms with Crippen LogP contribution in [0, 0.1) is 5.92 Å². The first-order chi connectivity index (χ1) is 8.74. The van der Waals surface area contributed by atoms with Crippen molar-refractivity contribution < 1.29 is 4.74 Å². The number of nitrogens with one attached hydrogen (secondary N) is 1. The van der Waals surface area contributed by atoms with E-state index >= 15 is 0 Å². The van der Waals surface area contributed by atoms with Gasteiger partial charge in [-0.3, -0.25) is 0 Å². The zero-order valence-corrected chi connectivity index (χ0v) is 12.1. The van der Waals surface area contributed by atoms with E-state index in [0.717, 1.165) is 25.0 Å². The lowest BCUT2D eigenvalue weighted by atomic mass is 10.2. The van der Waals surface area contributed by atoms with Gasteiger partial charge in [-0.05, 0) is 36.5 Å². The Hall–Kier alpha value is -0.510. The van der Waals surface area contributed by atoms with Crippen molar-refractivity contribution in [2.75, 3.05) is 12.5 Å². The van der Waals surface area contributed by atoms with Gasteiger partial charge in [-0.25, -0.2) is 0 Å². The minimum absolute atomic E-state index is 0.537. The lowest BCUT2D eigenvalue weighted by Crippen LogP contribution is -2.21. The standard InChI is InChI=1S/C15H23NOS/c1-12(2)16-9-13-5-7-15(8-6-13)18-11-17-10-14-3-4-14/h5-8,12,14,16H,3-4,9-11H2,1-2H3. The quantitative estimate of drug-likeness (QED) is 0.440. The minimum Gasteiger partial charge on any atom is -0.370 e. The average molecular weight is 265 g/mol. The molecule has 0 amide bonds. The highest BCUT2D eigenvalue weighted by molar-refractivity contribution is 7.99. The summed E-state index contributed by atoms with van der Waals surface area (Å²) in [5.74, 6) is 1.63. The van der Waals surface area contributed by atoms with E-state index in [2.05, 4.69) is 43.4 Å². The van der Waals surface area contributed by atoms with Gasteiger partial charge >= 0.3 is 0 Å². The largest absolute Gasteiger partial charge is 0.370 e. The molecule has 1 saturated carbocycles. The summed E-state index contributed by atoms with van der Waals surface area (Å²) < 4.78 is 5.62. The molecule has 1 fully saturated rings. The van der Waals surface area contributed by atoms with E-state index in [9.17, 15) is 0 Å². The molecule has 0 unspecified atom stereocenters. The van der Waals surface area contributed by atoms with Gasteiger partial charge in [-0.2, -0.15) is 0 Å². The maximum atomic E-state index is 5.62. The number of hydrogen-bond donors (Lipinski definition) is 1. The van der Waals surface area contributed by atoms with Gasteiger partial charge in [0.25, 0.3) is 0 Å². The van der Waals surface area contributed by atoms with E-state index in [4.69, 9.17) is 4.74 Å². The maximum absolute atomic E-state index is 5.62. The molecule has 1 aliphatic carbocycles. The highest BCUT2D eigenvalue weighted by atomic mass is 32.2. The number of hydrogen-bond acceptors (Lipinski definition) is 3. The molecular weight excluding hydrogens is 242 g/mol. The molecule has 0 spiro atoms. The van der Waals surface area contributed by atoms with Crippen molar-refractivity contribution in [2.45, 2.75) is 44.2 Å². The molecule has 1 aromatic rings. The number of benzene rings is 1. The summed E-state index contributed by atoms with van der Waals surface area (Å²) in [6.07, 6.45) is 2.73. The third-order valence-corrected chi connectivity index (χ3v) is 3.89. The van der Waals surface area contributed by atoms with Crippen LogP contribution in [0.1, 0.15) is 32.3 Å². The van der Waals surface area contributed by atoms with Gasteiger partial charge in [0.05, 0.1) is 12.5 Å². The zero-order chi connectivity index (χ0) is 12.8. The second kappa shape index (κ2) is 7.17. The van der Waals surface area contributed by atoms with E-state index in [1.165, 1.54) is 23.3 Å². The second-order valence-electron chi connectivity index (χ2n) is 5.26. The molecule has 0 atom stereocenters. The fourth-order valence-corrected chi connectivity index (χ4v) is 2.28. The molecule has 1 aliphatic rings. The summed E-state index contributed by atoms with van der Waals surface area (Å²) in [7, 11) is 0. The van der Waals surface area contributed by atoms with Crippen LogP contribution in [-0.4, -0.2) is 18.6 Å². The Kier molecular flexibility index (Phi) is 5.54. The van der Waals surface area contributed by atoms with Crippen molar-refractivity contribution in [1.82, 2.24) is 5.32 Å². The fraction of sp³-hybridized carbons (Fsp3) is 0.600. The van der Waals surface area contributed by atoms with Crippen LogP contribution in [0.4, 0.5) is 0 Å². The van der Waals surface area contributed by atoms with E-state index in [1.807, 2.05) is 0 Å². The molecule has 100 valence electrons. The monoisotopic (exact) mass is 265 g/mol. The molecular formula is C15H23NOS. The molecule has 0 radical (unpaired) electrons. The second-order valence-corrected chi connectivity index (χ2v) is 6.25. The average Bonchev–Trinajstić information content (AvgIpc) is 3.17. The summed E-state index contributed by atoms with van der Waals surface area (Å²) >= 11 is 1.78. The summed E-state index contributed by atoms with van der Waals surface area (Å²) in [6, 6.07) is 9.29. The van der Waals surface area contributed by atoms with Crippen LogP contribution in [0.5, 0.6) is 0 Å². The third kappa shape index (κ3) is 5.42. The highest BCUT2D eigenvalue weighted by Crippen LogP contribution is 2.29. The Morgan fingerprint density at radius 1 is 1.28 bits per heavy atom. The van der Waals surface area contributed by atoms with Crippen LogP contribution in [-0.2, 0) is 11.3 Å². The lowest BCUT2D eigenvalue weighted by Gasteiger charge is -2.08. The molecule has 0 bridgehead atoms. The zero-order valence-electron chi connectivity index (χ0n) is 11.3. The van der Waals surface area contributed by atoms with Crippen LogP contribution in [0.3, 0.4) is 0 Å². The van der Waals surface area contributed by atoms with Gasteiger partial charge < -0.3 is 10.1 Å². The van der Waals surface area contributed by atoms with Crippen LogP contribution in [0.15, 0.2) is 29.2 Å². The molecule has 0 aromatic heterocycles. The lowest BCUT2D eigenvalue weighted by molar-refractivity contribution is 0.171. The highest BCUT2D eigenvalue weighted by Gasteiger charge is 2.20. The van der Waals surface area contributed by atoms with E-state index < -0.39 is 0 Å². The van der Waals surface area contributed by atoms with Crippen molar-refractivity contribution >= 4 is 11.8 Å². The molecule has 0 aliphatic heterocycles. The van der Waals surface area contributed by atoms with Gasteiger partial charge in [-0.1, -0.05) is 37.7 Å². The normalized spacial score (nSPS) is 15.3. The van der Waals surface area contributed by atoms with Crippen LogP contribution >= 0.6 is 11.8 Å². The molecule has 1 aromatic carbocycles. The Morgan fingerprint density at radius 2 is 2.00 bits per heavy atom.